The highest BCUT2D eigenvalue weighted by molar-refractivity contribution is 7.89. The first kappa shape index (κ1) is 18.7. The third-order valence-electron chi connectivity index (χ3n) is 3.70. The standard InChI is InChI=1S/C16H20N4O4S/c1-3-19(4-2)25(23,24)14-9-10-15(16(11-14)20(21)22)18-13-7-5-12(17)6-8-13/h5-11,18H,3-4,17H2,1-2H3. The predicted molar refractivity (Wildman–Crippen MR) is 97.3 cm³/mol. The highest BCUT2D eigenvalue weighted by atomic mass is 32.2. The van der Waals surface area contributed by atoms with E-state index in [1.165, 1.54) is 16.4 Å². The van der Waals surface area contributed by atoms with E-state index in [0.717, 1.165) is 6.07 Å². The summed E-state index contributed by atoms with van der Waals surface area (Å²) >= 11 is 0. The molecule has 0 atom stereocenters. The van der Waals surface area contributed by atoms with Crippen LogP contribution < -0.4 is 11.1 Å². The molecule has 0 aliphatic carbocycles. The maximum atomic E-state index is 12.5. The van der Waals surface area contributed by atoms with Gasteiger partial charge in [0, 0.05) is 30.5 Å². The highest BCUT2D eigenvalue weighted by Crippen LogP contribution is 2.31. The summed E-state index contributed by atoms with van der Waals surface area (Å²) in [6, 6.07) is 10.5. The van der Waals surface area contributed by atoms with Gasteiger partial charge in [0.1, 0.15) is 5.69 Å². The van der Waals surface area contributed by atoms with Crippen LogP contribution in [0.4, 0.5) is 22.7 Å². The lowest BCUT2D eigenvalue weighted by Crippen LogP contribution is -2.30. The smallest absolute Gasteiger partial charge is 0.294 e. The van der Waals surface area contributed by atoms with Crippen molar-refractivity contribution in [3.63, 3.8) is 0 Å². The second-order valence-electron chi connectivity index (χ2n) is 5.27. The number of nitro groups is 1. The Labute approximate surface area is 146 Å². The third kappa shape index (κ3) is 4.06. The largest absolute Gasteiger partial charge is 0.399 e. The molecule has 0 saturated heterocycles. The van der Waals surface area contributed by atoms with Crippen molar-refractivity contribution in [3.8, 4) is 0 Å². The molecule has 2 rings (SSSR count). The first-order valence-corrected chi connectivity index (χ1v) is 9.14. The lowest BCUT2D eigenvalue weighted by molar-refractivity contribution is -0.384. The van der Waals surface area contributed by atoms with Crippen molar-refractivity contribution in [2.75, 3.05) is 24.1 Å². The lowest BCUT2D eigenvalue weighted by atomic mass is 10.2. The van der Waals surface area contributed by atoms with Crippen LogP contribution in [-0.2, 0) is 10.0 Å². The molecule has 0 heterocycles. The molecule has 0 spiro atoms. The third-order valence-corrected chi connectivity index (χ3v) is 5.74. The van der Waals surface area contributed by atoms with E-state index in [-0.39, 0.29) is 29.4 Å². The summed E-state index contributed by atoms with van der Waals surface area (Å²) in [7, 11) is -3.77. The number of nitro benzene ring substituents is 1. The molecule has 0 amide bonds. The van der Waals surface area contributed by atoms with E-state index in [4.69, 9.17) is 5.73 Å². The SMILES string of the molecule is CCN(CC)S(=O)(=O)c1ccc(Nc2ccc(N)cc2)c([N+](=O)[O-])c1. The lowest BCUT2D eigenvalue weighted by Gasteiger charge is -2.18. The van der Waals surface area contributed by atoms with Crippen molar-refractivity contribution in [1.82, 2.24) is 4.31 Å². The van der Waals surface area contributed by atoms with Gasteiger partial charge in [-0.05, 0) is 36.4 Å². The number of benzene rings is 2. The molecule has 0 aromatic heterocycles. The fourth-order valence-corrected chi connectivity index (χ4v) is 3.84. The number of sulfonamides is 1. The zero-order valence-electron chi connectivity index (χ0n) is 14.0. The van der Waals surface area contributed by atoms with Crippen LogP contribution in [0.3, 0.4) is 0 Å². The van der Waals surface area contributed by atoms with Crippen LogP contribution >= 0.6 is 0 Å². The second-order valence-corrected chi connectivity index (χ2v) is 7.21. The zero-order chi connectivity index (χ0) is 18.6. The molecule has 0 fully saturated rings. The summed E-state index contributed by atoms with van der Waals surface area (Å²) in [4.78, 5) is 10.7. The van der Waals surface area contributed by atoms with Gasteiger partial charge in [-0.3, -0.25) is 10.1 Å². The van der Waals surface area contributed by atoms with E-state index in [2.05, 4.69) is 5.32 Å². The fourth-order valence-electron chi connectivity index (χ4n) is 2.36. The number of nitrogens with one attached hydrogen (secondary N) is 1. The number of nitrogens with zero attached hydrogens (tertiary/aromatic N) is 2. The van der Waals surface area contributed by atoms with Crippen molar-refractivity contribution in [2.24, 2.45) is 0 Å². The Morgan fingerprint density at radius 1 is 1.12 bits per heavy atom. The Kier molecular flexibility index (Phi) is 5.60. The molecule has 0 unspecified atom stereocenters. The van der Waals surface area contributed by atoms with Crippen LogP contribution in [-0.4, -0.2) is 30.7 Å². The molecule has 0 saturated carbocycles. The minimum atomic E-state index is -3.77. The van der Waals surface area contributed by atoms with Crippen molar-refractivity contribution in [3.05, 3.63) is 52.6 Å². The van der Waals surface area contributed by atoms with Gasteiger partial charge in [-0.1, -0.05) is 13.8 Å². The Hall–Kier alpha value is -2.65. The molecular formula is C16H20N4O4S. The number of nitrogen functional groups attached to an aromatic ring is 1. The number of rotatable bonds is 7. The van der Waals surface area contributed by atoms with Crippen molar-refractivity contribution < 1.29 is 13.3 Å². The molecular weight excluding hydrogens is 344 g/mol. The summed E-state index contributed by atoms with van der Waals surface area (Å²) in [6.45, 7) is 4.01. The van der Waals surface area contributed by atoms with Crippen molar-refractivity contribution in [2.45, 2.75) is 18.7 Å². The van der Waals surface area contributed by atoms with E-state index < -0.39 is 14.9 Å². The Morgan fingerprint density at radius 3 is 2.24 bits per heavy atom. The number of hydrogen-bond acceptors (Lipinski definition) is 6. The maximum absolute atomic E-state index is 12.5. The first-order chi connectivity index (χ1) is 11.8. The van der Waals surface area contributed by atoms with Gasteiger partial charge in [0.25, 0.3) is 5.69 Å². The van der Waals surface area contributed by atoms with Gasteiger partial charge < -0.3 is 11.1 Å². The normalized spacial score (nSPS) is 11.5. The fraction of sp³-hybridized carbons (Fsp3) is 0.250. The molecule has 9 heteroatoms. The maximum Gasteiger partial charge on any atom is 0.294 e. The summed E-state index contributed by atoms with van der Waals surface area (Å²) in [5.74, 6) is 0. The van der Waals surface area contributed by atoms with Crippen LogP contribution in [0.5, 0.6) is 0 Å². The van der Waals surface area contributed by atoms with E-state index in [1.807, 2.05) is 0 Å². The topological polar surface area (TPSA) is 119 Å². The Morgan fingerprint density at radius 2 is 1.72 bits per heavy atom. The molecule has 0 aliphatic heterocycles. The molecule has 8 nitrogen and oxygen atoms in total. The number of hydrogen-bond donors (Lipinski definition) is 2. The molecule has 0 bridgehead atoms. The summed E-state index contributed by atoms with van der Waals surface area (Å²) in [5, 5.41) is 14.3. The van der Waals surface area contributed by atoms with Crippen LogP contribution in [0.2, 0.25) is 0 Å². The minimum Gasteiger partial charge on any atom is -0.399 e. The Bertz CT molecular complexity index is 862. The van der Waals surface area contributed by atoms with E-state index in [0.29, 0.717) is 11.4 Å². The van der Waals surface area contributed by atoms with E-state index >= 15 is 0 Å². The van der Waals surface area contributed by atoms with Crippen molar-refractivity contribution in [1.29, 1.82) is 0 Å². The van der Waals surface area contributed by atoms with E-state index in [1.54, 1.807) is 38.1 Å². The quantitative estimate of drug-likeness (QED) is 0.443. The Balaban J connectivity index is 2.44. The van der Waals surface area contributed by atoms with Gasteiger partial charge in [-0.15, -0.1) is 0 Å². The predicted octanol–water partition coefficient (Wildman–Crippen LogP) is 2.95. The van der Waals surface area contributed by atoms with Crippen molar-refractivity contribution >= 4 is 32.8 Å². The van der Waals surface area contributed by atoms with Crippen LogP contribution in [0.15, 0.2) is 47.4 Å². The van der Waals surface area contributed by atoms with Gasteiger partial charge in [0.2, 0.25) is 10.0 Å². The molecule has 3 N–H and O–H groups in total. The van der Waals surface area contributed by atoms with Crippen LogP contribution in [0, 0.1) is 10.1 Å². The number of anilines is 3. The second kappa shape index (κ2) is 7.49. The molecule has 2 aromatic rings. The van der Waals surface area contributed by atoms with Crippen LogP contribution in [0.1, 0.15) is 13.8 Å². The van der Waals surface area contributed by atoms with Gasteiger partial charge in [-0.2, -0.15) is 4.31 Å². The monoisotopic (exact) mass is 364 g/mol. The summed E-state index contributed by atoms with van der Waals surface area (Å²) in [5.41, 5.74) is 6.68. The number of nitrogens with two attached hydrogens (primary N) is 1. The van der Waals surface area contributed by atoms with Gasteiger partial charge >= 0.3 is 0 Å². The summed E-state index contributed by atoms with van der Waals surface area (Å²) < 4.78 is 26.3. The first-order valence-electron chi connectivity index (χ1n) is 7.70. The van der Waals surface area contributed by atoms with Gasteiger partial charge in [0.15, 0.2) is 0 Å². The highest BCUT2D eigenvalue weighted by Gasteiger charge is 2.25. The minimum absolute atomic E-state index is 0.106. The molecule has 0 radical (unpaired) electrons. The van der Waals surface area contributed by atoms with Gasteiger partial charge in [-0.25, -0.2) is 8.42 Å². The molecule has 134 valence electrons. The van der Waals surface area contributed by atoms with E-state index in [9.17, 15) is 18.5 Å². The average molecular weight is 364 g/mol. The van der Waals surface area contributed by atoms with Crippen LogP contribution in [0.25, 0.3) is 0 Å². The summed E-state index contributed by atoms with van der Waals surface area (Å²) in [6.07, 6.45) is 0. The molecule has 0 aliphatic rings. The van der Waals surface area contributed by atoms with Gasteiger partial charge in [0.05, 0.1) is 9.82 Å². The zero-order valence-corrected chi connectivity index (χ0v) is 14.8. The molecule has 25 heavy (non-hydrogen) atoms. The average Bonchev–Trinajstić information content (AvgIpc) is 2.57. The molecule has 2 aromatic carbocycles.